The van der Waals surface area contributed by atoms with Gasteiger partial charge in [-0.05, 0) is 41.1 Å². The second-order valence-electron chi connectivity index (χ2n) is 3.52. The van der Waals surface area contributed by atoms with Crippen LogP contribution in [0.1, 0.15) is 6.92 Å². The van der Waals surface area contributed by atoms with Gasteiger partial charge in [0.25, 0.3) is 0 Å². The Morgan fingerprint density at radius 1 is 1.65 bits per heavy atom. The number of hydrogen-bond acceptors (Lipinski definition) is 2. The number of rotatable bonds is 5. The zero-order chi connectivity index (χ0) is 12.8. The average molecular weight is 301 g/mol. The Morgan fingerprint density at radius 3 is 3.00 bits per heavy atom. The Balaban J connectivity index is 2.66. The largest absolute Gasteiger partial charge is 0.373 e. The van der Waals surface area contributed by atoms with E-state index in [1.165, 1.54) is 12.1 Å². The number of halogens is 2. The number of hydrogen-bond donors (Lipinski definition) is 2. The summed E-state index contributed by atoms with van der Waals surface area (Å²) in [6.45, 7) is 5.63. The molecule has 2 N–H and O–H groups in total. The third kappa shape index (κ3) is 4.19. The molecule has 0 saturated carbocycles. The van der Waals surface area contributed by atoms with Gasteiger partial charge in [-0.25, -0.2) is 4.39 Å². The molecular weight excluding hydrogens is 287 g/mol. The van der Waals surface area contributed by atoms with E-state index >= 15 is 0 Å². The van der Waals surface area contributed by atoms with Gasteiger partial charge < -0.3 is 10.6 Å². The molecule has 0 aromatic heterocycles. The molecule has 0 spiro atoms. The molecule has 1 aromatic rings. The predicted octanol–water partition coefficient (Wildman–Crippen LogP) is 2.69. The molecule has 0 fully saturated rings. The van der Waals surface area contributed by atoms with Crippen LogP contribution < -0.4 is 10.6 Å². The fraction of sp³-hybridized carbons (Fsp3) is 0.250. The standard InChI is InChI=1S/C12H14BrFN2O/c1-3-6-15-12(17)8(2)16-11-7-9(14)4-5-10(11)13/h3-5,7-8,16H,1,6H2,2H3,(H,15,17). The quantitative estimate of drug-likeness (QED) is 0.821. The summed E-state index contributed by atoms with van der Waals surface area (Å²) >= 11 is 3.28. The summed E-state index contributed by atoms with van der Waals surface area (Å²) in [6, 6.07) is 3.82. The summed E-state index contributed by atoms with van der Waals surface area (Å²) in [5, 5.41) is 5.58. The first-order valence-electron chi connectivity index (χ1n) is 5.14. The van der Waals surface area contributed by atoms with Gasteiger partial charge in [-0.1, -0.05) is 6.08 Å². The summed E-state index contributed by atoms with van der Waals surface area (Å²) in [6.07, 6.45) is 1.60. The van der Waals surface area contributed by atoms with Gasteiger partial charge in [-0.2, -0.15) is 0 Å². The lowest BCUT2D eigenvalue weighted by molar-refractivity contribution is -0.121. The van der Waals surface area contributed by atoms with E-state index in [0.717, 1.165) is 0 Å². The summed E-state index contributed by atoms with van der Waals surface area (Å²) in [7, 11) is 0. The Kier molecular flexibility index (Phi) is 5.15. The minimum absolute atomic E-state index is 0.166. The second-order valence-corrected chi connectivity index (χ2v) is 4.38. The van der Waals surface area contributed by atoms with Crippen molar-refractivity contribution in [2.45, 2.75) is 13.0 Å². The van der Waals surface area contributed by atoms with Crippen LogP contribution >= 0.6 is 15.9 Å². The first-order valence-corrected chi connectivity index (χ1v) is 5.94. The van der Waals surface area contributed by atoms with Crippen LogP contribution in [0.3, 0.4) is 0 Å². The molecule has 0 saturated heterocycles. The van der Waals surface area contributed by atoms with Gasteiger partial charge in [-0.15, -0.1) is 6.58 Å². The van der Waals surface area contributed by atoms with Crippen LogP contribution in [0.4, 0.5) is 10.1 Å². The molecular formula is C12H14BrFN2O. The van der Waals surface area contributed by atoms with E-state index in [4.69, 9.17) is 0 Å². The third-order valence-electron chi connectivity index (χ3n) is 2.11. The molecule has 0 aliphatic heterocycles. The SMILES string of the molecule is C=CCNC(=O)C(C)Nc1cc(F)ccc1Br. The van der Waals surface area contributed by atoms with Gasteiger partial charge in [0.05, 0.1) is 5.69 Å². The van der Waals surface area contributed by atoms with Crippen molar-refractivity contribution >= 4 is 27.5 Å². The van der Waals surface area contributed by atoms with Crippen LogP contribution in [0.25, 0.3) is 0 Å². The van der Waals surface area contributed by atoms with Crippen molar-refractivity contribution in [3.8, 4) is 0 Å². The Morgan fingerprint density at radius 2 is 2.35 bits per heavy atom. The van der Waals surface area contributed by atoms with Crippen LogP contribution in [-0.4, -0.2) is 18.5 Å². The van der Waals surface area contributed by atoms with Gasteiger partial charge in [-0.3, -0.25) is 4.79 Å². The lowest BCUT2D eigenvalue weighted by Gasteiger charge is -2.15. The first-order chi connectivity index (χ1) is 8.04. The number of anilines is 1. The number of carbonyl (C=O) groups excluding carboxylic acids is 1. The molecule has 17 heavy (non-hydrogen) atoms. The topological polar surface area (TPSA) is 41.1 Å². The van der Waals surface area contributed by atoms with Crippen molar-refractivity contribution in [2.24, 2.45) is 0 Å². The maximum absolute atomic E-state index is 13.0. The van der Waals surface area contributed by atoms with E-state index in [1.54, 1.807) is 19.1 Å². The number of carbonyl (C=O) groups is 1. The van der Waals surface area contributed by atoms with Gasteiger partial charge >= 0.3 is 0 Å². The number of amides is 1. The fourth-order valence-electron chi connectivity index (χ4n) is 1.23. The van der Waals surface area contributed by atoms with E-state index in [-0.39, 0.29) is 11.7 Å². The van der Waals surface area contributed by atoms with Crippen LogP contribution in [0.5, 0.6) is 0 Å². The number of benzene rings is 1. The summed E-state index contributed by atoms with van der Waals surface area (Å²) in [5.74, 6) is -0.518. The van der Waals surface area contributed by atoms with E-state index in [1.807, 2.05) is 0 Å². The third-order valence-corrected chi connectivity index (χ3v) is 2.81. The second kappa shape index (κ2) is 6.39. The average Bonchev–Trinajstić information content (AvgIpc) is 2.30. The Labute approximate surface area is 108 Å². The van der Waals surface area contributed by atoms with Crippen molar-refractivity contribution in [1.29, 1.82) is 0 Å². The lowest BCUT2D eigenvalue weighted by atomic mass is 10.2. The predicted molar refractivity (Wildman–Crippen MR) is 70.4 cm³/mol. The van der Waals surface area contributed by atoms with E-state index in [9.17, 15) is 9.18 Å². The zero-order valence-electron chi connectivity index (χ0n) is 9.47. The molecule has 0 aliphatic rings. The molecule has 1 unspecified atom stereocenters. The van der Waals surface area contributed by atoms with Gasteiger partial charge in [0.15, 0.2) is 0 Å². The zero-order valence-corrected chi connectivity index (χ0v) is 11.1. The summed E-state index contributed by atoms with van der Waals surface area (Å²) < 4.78 is 13.7. The van der Waals surface area contributed by atoms with Gasteiger partial charge in [0.2, 0.25) is 5.91 Å². The van der Waals surface area contributed by atoms with Gasteiger partial charge in [0.1, 0.15) is 11.9 Å². The van der Waals surface area contributed by atoms with Crippen molar-refractivity contribution in [3.63, 3.8) is 0 Å². The maximum Gasteiger partial charge on any atom is 0.242 e. The highest BCUT2D eigenvalue weighted by Gasteiger charge is 2.13. The highest BCUT2D eigenvalue weighted by molar-refractivity contribution is 9.10. The maximum atomic E-state index is 13.0. The normalized spacial score (nSPS) is 11.7. The highest BCUT2D eigenvalue weighted by atomic mass is 79.9. The van der Waals surface area contributed by atoms with Crippen LogP contribution in [0.2, 0.25) is 0 Å². The van der Waals surface area contributed by atoms with Crippen molar-refractivity contribution < 1.29 is 9.18 Å². The first kappa shape index (κ1) is 13.7. The molecule has 1 amide bonds. The van der Waals surface area contributed by atoms with Crippen molar-refractivity contribution in [1.82, 2.24) is 5.32 Å². The molecule has 5 heteroatoms. The highest BCUT2D eigenvalue weighted by Crippen LogP contribution is 2.23. The summed E-state index contributed by atoms with van der Waals surface area (Å²) in [4.78, 5) is 11.6. The minimum atomic E-state index is -0.451. The molecule has 0 radical (unpaired) electrons. The smallest absolute Gasteiger partial charge is 0.242 e. The lowest BCUT2D eigenvalue weighted by Crippen LogP contribution is -2.37. The molecule has 0 heterocycles. The monoisotopic (exact) mass is 300 g/mol. The number of nitrogens with one attached hydrogen (secondary N) is 2. The Hall–Kier alpha value is -1.36. The molecule has 0 bridgehead atoms. The molecule has 92 valence electrons. The van der Waals surface area contributed by atoms with Gasteiger partial charge in [0, 0.05) is 11.0 Å². The molecule has 3 nitrogen and oxygen atoms in total. The fourth-order valence-corrected chi connectivity index (χ4v) is 1.59. The van der Waals surface area contributed by atoms with Crippen LogP contribution in [0.15, 0.2) is 35.3 Å². The van der Waals surface area contributed by atoms with E-state index < -0.39 is 6.04 Å². The van der Waals surface area contributed by atoms with Crippen LogP contribution in [0, 0.1) is 5.82 Å². The van der Waals surface area contributed by atoms with E-state index in [0.29, 0.717) is 16.7 Å². The van der Waals surface area contributed by atoms with E-state index in [2.05, 4.69) is 33.1 Å². The molecule has 1 atom stereocenters. The van der Waals surface area contributed by atoms with Crippen molar-refractivity contribution in [3.05, 3.63) is 41.1 Å². The minimum Gasteiger partial charge on any atom is -0.373 e. The Bertz CT molecular complexity index is 423. The summed E-state index contributed by atoms with van der Waals surface area (Å²) in [5.41, 5.74) is 0.547. The van der Waals surface area contributed by atoms with Crippen LogP contribution in [-0.2, 0) is 4.79 Å². The van der Waals surface area contributed by atoms with Crippen molar-refractivity contribution in [2.75, 3.05) is 11.9 Å². The molecule has 1 aromatic carbocycles. The molecule has 1 rings (SSSR count). The molecule has 0 aliphatic carbocycles.